The Kier molecular flexibility index (Phi) is 6.63. The molecule has 1 heterocycles. The summed E-state index contributed by atoms with van der Waals surface area (Å²) in [4.78, 5) is 36.0. The van der Waals surface area contributed by atoms with E-state index in [2.05, 4.69) is 31.9 Å². The number of carbonyl (C=O) groups is 3. The standard InChI is InChI=1S/C21H18BrN3O4S/c1-11-3-5-14(7-12(11)2)23-18(26)10-29-17-6-4-13(9-16(17)22)8-15-19(27)24-21(30)25-20(15)28/h3-9H,10H2,1-2H3,(H,23,26)(H2,24,25,27,28,30). The summed E-state index contributed by atoms with van der Waals surface area (Å²) in [5.74, 6) is -0.972. The first-order chi connectivity index (χ1) is 14.2. The summed E-state index contributed by atoms with van der Waals surface area (Å²) in [5.41, 5.74) is 3.48. The van der Waals surface area contributed by atoms with Crippen LogP contribution in [0.15, 0.2) is 46.4 Å². The maximum Gasteiger partial charge on any atom is 0.263 e. The molecule has 3 rings (SSSR count). The Morgan fingerprint density at radius 3 is 2.43 bits per heavy atom. The van der Waals surface area contributed by atoms with Crippen molar-refractivity contribution >= 4 is 62.7 Å². The second kappa shape index (κ2) is 9.19. The molecule has 1 aliphatic heterocycles. The largest absolute Gasteiger partial charge is 0.483 e. The zero-order valence-corrected chi connectivity index (χ0v) is 18.6. The molecule has 0 radical (unpaired) electrons. The quantitative estimate of drug-likeness (QED) is 0.342. The molecule has 0 unspecified atom stereocenters. The van der Waals surface area contributed by atoms with E-state index in [-0.39, 0.29) is 23.2 Å². The van der Waals surface area contributed by atoms with E-state index < -0.39 is 11.8 Å². The fourth-order valence-electron chi connectivity index (χ4n) is 2.66. The fourth-order valence-corrected chi connectivity index (χ4v) is 3.35. The van der Waals surface area contributed by atoms with Crippen molar-refractivity contribution in [2.24, 2.45) is 0 Å². The summed E-state index contributed by atoms with van der Waals surface area (Å²) in [5, 5.41) is 7.52. The summed E-state index contributed by atoms with van der Waals surface area (Å²) < 4.78 is 6.14. The molecule has 0 atom stereocenters. The van der Waals surface area contributed by atoms with Crippen molar-refractivity contribution < 1.29 is 19.1 Å². The van der Waals surface area contributed by atoms with Crippen LogP contribution in [0.4, 0.5) is 5.69 Å². The van der Waals surface area contributed by atoms with Crippen LogP contribution < -0.4 is 20.7 Å². The maximum atomic E-state index is 12.2. The van der Waals surface area contributed by atoms with Crippen molar-refractivity contribution in [3.05, 3.63) is 63.1 Å². The number of hydrogen-bond donors (Lipinski definition) is 3. The zero-order valence-electron chi connectivity index (χ0n) is 16.2. The molecule has 1 aliphatic rings. The lowest BCUT2D eigenvalue weighted by molar-refractivity contribution is -0.123. The highest BCUT2D eigenvalue weighted by molar-refractivity contribution is 9.10. The van der Waals surface area contributed by atoms with Gasteiger partial charge in [-0.3, -0.25) is 25.0 Å². The molecule has 3 N–H and O–H groups in total. The Hall–Kier alpha value is -3.04. The monoisotopic (exact) mass is 487 g/mol. The van der Waals surface area contributed by atoms with Gasteiger partial charge in [-0.2, -0.15) is 0 Å². The Morgan fingerprint density at radius 2 is 1.80 bits per heavy atom. The predicted octanol–water partition coefficient (Wildman–Crippen LogP) is 3.00. The first kappa shape index (κ1) is 21.7. The lowest BCUT2D eigenvalue weighted by Crippen LogP contribution is -2.51. The highest BCUT2D eigenvalue weighted by Crippen LogP contribution is 2.27. The molecule has 1 fully saturated rings. The molecule has 0 aliphatic carbocycles. The minimum Gasteiger partial charge on any atom is -0.483 e. The van der Waals surface area contributed by atoms with Crippen LogP contribution in [0.5, 0.6) is 5.75 Å². The van der Waals surface area contributed by atoms with Crippen LogP contribution >= 0.6 is 28.1 Å². The van der Waals surface area contributed by atoms with Gasteiger partial charge in [0.25, 0.3) is 17.7 Å². The summed E-state index contributed by atoms with van der Waals surface area (Å²) in [7, 11) is 0. The van der Waals surface area contributed by atoms with Gasteiger partial charge in [-0.1, -0.05) is 12.1 Å². The summed E-state index contributed by atoms with van der Waals surface area (Å²) in [6.45, 7) is 3.81. The number of nitrogens with one attached hydrogen (secondary N) is 3. The Bertz CT molecular complexity index is 1080. The van der Waals surface area contributed by atoms with E-state index in [9.17, 15) is 14.4 Å². The van der Waals surface area contributed by atoms with Crippen LogP contribution in [0.2, 0.25) is 0 Å². The Balaban J connectivity index is 1.64. The molecular weight excluding hydrogens is 470 g/mol. The lowest BCUT2D eigenvalue weighted by atomic mass is 10.1. The van der Waals surface area contributed by atoms with E-state index in [1.165, 1.54) is 6.08 Å². The van der Waals surface area contributed by atoms with Gasteiger partial charge in [0, 0.05) is 5.69 Å². The minimum atomic E-state index is -0.566. The summed E-state index contributed by atoms with van der Waals surface area (Å²) in [6, 6.07) is 10.7. The number of amides is 3. The van der Waals surface area contributed by atoms with E-state index in [1.807, 2.05) is 32.0 Å². The van der Waals surface area contributed by atoms with Gasteiger partial charge in [-0.05, 0) is 89.0 Å². The van der Waals surface area contributed by atoms with Gasteiger partial charge in [0.05, 0.1) is 4.47 Å². The third-order valence-corrected chi connectivity index (χ3v) is 5.18. The van der Waals surface area contributed by atoms with Crippen LogP contribution in [0, 0.1) is 13.8 Å². The normalized spacial score (nSPS) is 13.4. The molecule has 2 aromatic carbocycles. The number of hydrogen-bond acceptors (Lipinski definition) is 5. The second-order valence-corrected chi connectivity index (χ2v) is 7.88. The molecule has 2 aromatic rings. The second-order valence-electron chi connectivity index (χ2n) is 6.62. The number of rotatable bonds is 5. The van der Waals surface area contributed by atoms with Crippen LogP contribution in [-0.4, -0.2) is 29.4 Å². The third kappa shape index (κ3) is 5.31. The molecule has 0 saturated carbocycles. The highest BCUT2D eigenvalue weighted by atomic mass is 79.9. The van der Waals surface area contributed by atoms with Gasteiger partial charge in [0.1, 0.15) is 11.3 Å². The van der Waals surface area contributed by atoms with E-state index in [1.54, 1.807) is 18.2 Å². The molecule has 30 heavy (non-hydrogen) atoms. The molecule has 0 bridgehead atoms. The van der Waals surface area contributed by atoms with Crippen LogP contribution in [0.1, 0.15) is 16.7 Å². The van der Waals surface area contributed by atoms with Crippen LogP contribution in [0.3, 0.4) is 0 Å². The summed E-state index contributed by atoms with van der Waals surface area (Å²) >= 11 is 8.15. The first-order valence-electron chi connectivity index (χ1n) is 8.91. The van der Waals surface area contributed by atoms with Crippen molar-refractivity contribution in [1.82, 2.24) is 10.6 Å². The topological polar surface area (TPSA) is 96.5 Å². The number of anilines is 1. The number of carbonyl (C=O) groups excluding carboxylic acids is 3. The van der Waals surface area contributed by atoms with E-state index >= 15 is 0 Å². The van der Waals surface area contributed by atoms with Gasteiger partial charge in [-0.15, -0.1) is 0 Å². The van der Waals surface area contributed by atoms with Crippen LogP contribution in [-0.2, 0) is 14.4 Å². The maximum absolute atomic E-state index is 12.2. The lowest BCUT2D eigenvalue weighted by Gasteiger charge is -2.16. The van der Waals surface area contributed by atoms with Gasteiger partial charge in [0.15, 0.2) is 11.7 Å². The fraction of sp³-hybridized carbons (Fsp3) is 0.143. The van der Waals surface area contributed by atoms with Gasteiger partial charge < -0.3 is 10.1 Å². The Morgan fingerprint density at radius 1 is 1.10 bits per heavy atom. The average Bonchev–Trinajstić information content (AvgIpc) is 2.67. The Labute approximate surface area is 187 Å². The van der Waals surface area contributed by atoms with E-state index in [0.717, 1.165) is 11.1 Å². The van der Waals surface area contributed by atoms with Gasteiger partial charge >= 0.3 is 0 Å². The molecule has 0 aromatic heterocycles. The average molecular weight is 488 g/mol. The minimum absolute atomic E-state index is 0.0221. The molecule has 154 valence electrons. The highest BCUT2D eigenvalue weighted by Gasteiger charge is 2.25. The molecule has 7 nitrogen and oxygen atoms in total. The molecule has 3 amide bonds. The molecule has 0 spiro atoms. The smallest absolute Gasteiger partial charge is 0.263 e. The molecule has 9 heteroatoms. The number of aryl methyl sites for hydroxylation is 2. The van der Waals surface area contributed by atoms with Gasteiger partial charge in [0.2, 0.25) is 0 Å². The SMILES string of the molecule is Cc1ccc(NC(=O)COc2ccc(C=C3C(=O)NC(=S)NC3=O)cc2Br)cc1C. The van der Waals surface area contributed by atoms with Crippen molar-refractivity contribution in [3.63, 3.8) is 0 Å². The van der Waals surface area contributed by atoms with Crippen molar-refractivity contribution in [3.8, 4) is 5.75 Å². The van der Waals surface area contributed by atoms with Crippen molar-refractivity contribution in [1.29, 1.82) is 0 Å². The van der Waals surface area contributed by atoms with Gasteiger partial charge in [-0.25, -0.2) is 0 Å². The van der Waals surface area contributed by atoms with E-state index in [0.29, 0.717) is 21.5 Å². The van der Waals surface area contributed by atoms with E-state index in [4.69, 9.17) is 17.0 Å². The number of halogens is 1. The third-order valence-electron chi connectivity index (χ3n) is 4.36. The predicted molar refractivity (Wildman–Crippen MR) is 121 cm³/mol. The van der Waals surface area contributed by atoms with Crippen LogP contribution in [0.25, 0.3) is 6.08 Å². The summed E-state index contributed by atoms with van der Waals surface area (Å²) in [6.07, 6.45) is 1.44. The molecule has 1 saturated heterocycles. The van der Waals surface area contributed by atoms with Crippen molar-refractivity contribution in [2.45, 2.75) is 13.8 Å². The van der Waals surface area contributed by atoms with Crippen molar-refractivity contribution in [2.75, 3.05) is 11.9 Å². The number of ether oxygens (including phenoxy) is 1. The molecular formula is C21H18BrN3O4S. The first-order valence-corrected chi connectivity index (χ1v) is 10.1. The number of thiocarbonyl (C=S) groups is 1. The zero-order chi connectivity index (χ0) is 21.8. The number of benzene rings is 2.